The van der Waals surface area contributed by atoms with Crippen molar-refractivity contribution in [2.75, 3.05) is 26.2 Å². The van der Waals surface area contributed by atoms with E-state index in [1.807, 2.05) is 4.90 Å². The minimum absolute atomic E-state index is 0.151. The van der Waals surface area contributed by atoms with E-state index in [4.69, 9.17) is 11.6 Å². The van der Waals surface area contributed by atoms with Gasteiger partial charge in [0.05, 0.1) is 0 Å². The van der Waals surface area contributed by atoms with E-state index < -0.39 is 5.82 Å². The number of amides is 2. The first kappa shape index (κ1) is 18.2. The molecule has 2 fully saturated rings. The van der Waals surface area contributed by atoms with Gasteiger partial charge in [-0.05, 0) is 37.5 Å². The van der Waals surface area contributed by atoms with Crippen LogP contribution >= 0.6 is 11.6 Å². The number of hydrogen-bond acceptors (Lipinski definition) is 2. The van der Waals surface area contributed by atoms with Crippen molar-refractivity contribution in [3.8, 4) is 0 Å². The number of rotatable bonds is 2. The molecule has 1 saturated heterocycles. The fraction of sp³-hybridized carbons (Fsp3) is 0.579. The Bertz CT molecular complexity index is 626. The topological polar surface area (TPSA) is 40.6 Å². The van der Waals surface area contributed by atoms with Crippen molar-refractivity contribution in [2.24, 2.45) is 5.92 Å². The molecule has 6 heteroatoms. The molecule has 25 heavy (non-hydrogen) atoms. The minimum atomic E-state index is -0.514. The third kappa shape index (κ3) is 4.51. The highest BCUT2D eigenvalue weighted by molar-refractivity contribution is 6.31. The second kappa shape index (κ2) is 8.17. The van der Waals surface area contributed by atoms with Gasteiger partial charge in [-0.1, -0.05) is 30.9 Å². The van der Waals surface area contributed by atoms with E-state index in [0.717, 1.165) is 32.1 Å². The van der Waals surface area contributed by atoms with Gasteiger partial charge in [0.15, 0.2) is 0 Å². The molecule has 136 valence electrons. The summed E-state index contributed by atoms with van der Waals surface area (Å²) in [7, 11) is 0. The van der Waals surface area contributed by atoms with E-state index in [1.54, 1.807) is 4.90 Å². The molecule has 0 radical (unpaired) electrons. The second-order valence-corrected chi connectivity index (χ2v) is 7.40. The molecule has 0 bridgehead atoms. The molecule has 1 heterocycles. The summed E-state index contributed by atoms with van der Waals surface area (Å²) in [5.74, 6) is -0.353. The highest BCUT2D eigenvalue weighted by Gasteiger charge is 2.28. The van der Waals surface area contributed by atoms with E-state index >= 15 is 0 Å². The van der Waals surface area contributed by atoms with E-state index in [2.05, 4.69) is 0 Å². The van der Waals surface area contributed by atoms with Crippen LogP contribution in [0, 0.1) is 11.7 Å². The number of nitrogens with zero attached hydrogens (tertiary/aromatic N) is 2. The lowest BCUT2D eigenvalue weighted by Gasteiger charge is -2.28. The van der Waals surface area contributed by atoms with Crippen molar-refractivity contribution >= 4 is 23.4 Å². The maximum Gasteiger partial charge on any atom is 0.254 e. The van der Waals surface area contributed by atoms with E-state index in [0.29, 0.717) is 26.2 Å². The van der Waals surface area contributed by atoms with E-state index in [9.17, 15) is 14.0 Å². The molecule has 2 aliphatic rings. The molecule has 0 atom stereocenters. The van der Waals surface area contributed by atoms with Crippen LogP contribution < -0.4 is 0 Å². The Balaban J connectivity index is 1.62. The lowest BCUT2D eigenvalue weighted by Crippen LogP contribution is -2.40. The number of carbonyl (C=O) groups excluding carboxylic acids is 2. The number of benzene rings is 1. The first-order valence-corrected chi connectivity index (χ1v) is 9.46. The molecule has 1 aliphatic heterocycles. The smallest absolute Gasteiger partial charge is 0.254 e. The average molecular weight is 367 g/mol. The molecule has 0 spiro atoms. The highest BCUT2D eigenvalue weighted by Crippen LogP contribution is 2.26. The van der Waals surface area contributed by atoms with E-state index in [1.165, 1.54) is 24.6 Å². The second-order valence-electron chi connectivity index (χ2n) is 6.96. The molecule has 1 saturated carbocycles. The van der Waals surface area contributed by atoms with Crippen molar-refractivity contribution in [3.63, 3.8) is 0 Å². The number of carbonyl (C=O) groups is 2. The van der Waals surface area contributed by atoms with Gasteiger partial charge < -0.3 is 9.80 Å². The molecule has 0 aromatic heterocycles. The fourth-order valence-electron chi connectivity index (χ4n) is 3.81. The van der Waals surface area contributed by atoms with Crippen LogP contribution in [0.25, 0.3) is 0 Å². The lowest BCUT2D eigenvalue weighted by molar-refractivity contribution is -0.136. The molecule has 0 N–H and O–H groups in total. The van der Waals surface area contributed by atoms with Gasteiger partial charge in [0, 0.05) is 42.7 Å². The summed E-state index contributed by atoms with van der Waals surface area (Å²) in [5.41, 5.74) is 0.261. The zero-order valence-corrected chi connectivity index (χ0v) is 15.1. The van der Waals surface area contributed by atoms with Gasteiger partial charge >= 0.3 is 0 Å². The fourth-order valence-corrected chi connectivity index (χ4v) is 4.03. The van der Waals surface area contributed by atoms with Gasteiger partial charge in [-0.25, -0.2) is 4.39 Å². The third-order valence-corrected chi connectivity index (χ3v) is 5.38. The normalized spacial score (nSPS) is 19.6. The van der Waals surface area contributed by atoms with Crippen molar-refractivity contribution in [3.05, 3.63) is 34.6 Å². The van der Waals surface area contributed by atoms with Crippen LogP contribution in [0.3, 0.4) is 0 Å². The molecule has 1 aromatic rings. The van der Waals surface area contributed by atoms with Crippen LogP contribution in [0.5, 0.6) is 0 Å². The van der Waals surface area contributed by atoms with Crippen LogP contribution in [0.2, 0.25) is 5.02 Å². The SMILES string of the molecule is O=C(c1cc(F)cc(Cl)c1)N1CCCN(C(=O)C2CCCCC2)CC1. The largest absolute Gasteiger partial charge is 0.341 e. The molecule has 2 amide bonds. The average Bonchev–Trinajstić information content (AvgIpc) is 2.86. The Morgan fingerprint density at radius 2 is 1.60 bits per heavy atom. The zero-order valence-electron chi connectivity index (χ0n) is 14.3. The van der Waals surface area contributed by atoms with Crippen LogP contribution in [-0.4, -0.2) is 47.8 Å². The summed E-state index contributed by atoms with van der Waals surface area (Å²) >= 11 is 5.85. The van der Waals surface area contributed by atoms with Crippen LogP contribution in [0.1, 0.15) is 48.9 Å². The molecular formula is C19H24ClFN2O2. The number of halogens is 2. The Morgan fingerprint density at radius 1 is 0.920 bits per heavy atom. The van der Waals surface area contributed by atoms with Gasteiger partial charge in [0.1, 0.15) is 5.82 Å². The first-order chi connectivity index (χ1) is 12.0. The maximum atomic E-state index is 13.5. The summed E-state index contributed by atoms with van der Waals surface area (Å²) < 4.78 is 13.5. The van der Waals surface area contributed by atoms with Crippen molar-refractivity contribution in [1.82, 2.24) is 9.80 Å². The van der Waals surface area contributed by atoms with Crippen molar-refractivity contribution < 1.29 is 14.0 Å². The summed E-state index contributed by atoms with van der Waals surface area (Å²) in [4.78, 5) is 28.9. The first-order valence-electron chi connectivity index (χ1n) is 9.09. The van der Waals surface area contributed by atoms with Gasteiger partial charge in [-0.2, -0.15) is 0 Å². The van der Waals surface area contributed by atoms with Crippen molar-refractivity contribution in [1.29, 1.82) is 0 Å². The molecule has 3 rings (SSSR count). The summed E-state index contributed by atoms with van der Waals surface area (Å²) in [5, 5.41) is 0.215. The quantitative estimate of drug-likeness (QED) is 0.800. The predicted molar refractivity (Wildman–Crippen MR) is 95.1 cm³/mol. The number of hydrogen-bond donors (Lipinski definition) is 0. The Morgan fingerprint density at radius 3 is 2.32 bits per heavy atom. The molecular weight excluding hydrogens is 343 g/mol. The molecule has 1 aromatic carbocycles. The predicted octanol–water partition coefficient (Wildman–Crippen LogP) is 3.73. The lowest BCUT2D eigenvalue weighted by atomic mass is 9.88. The summed E-state index contributed by atoms with van der Waals surface area (Å²) in [6.45, 7) is 2.28. The summed E-state index contributed by atoms with van der Waals surface area (Å²) in [6, 6.07) is 3.89. The van der Waals surface area contributed by atoms with Crippen LogP contribution in [-0.2, 0) is 4.79 Å². The van der Waals surface area contributed by atoms with E-state index in [-0.39, 0.29) is 28.3 Å². The van der Waals surface area contributed by atoms with Gasteiger partial charge in [0.2, 0.25) is 5.91 Å². The highest BCUT2D eigenvalue weighted by atomic mass is 35.5. The van der Waals surface area contributed by atoms with Crippen LogP contribution in [0.15, 0.2) is 18.2 Å². The molecule has 4 nitrogen and oxygen atoms in total. The maximum absolute atomic E-state index is 13.5. The molecule has 0 unspecified atom stereocenters. The summed E-state index contributed by atoms with van der Waals surface area (Å²) in [6.07, 6.45) is 6.21. The Hall–Kier alpha value is -1.62. The standard InChI is InChI=1S/C19H24ClFN2O2/c20-16-11-15(12-17(21)13-16)19(25)23-8-4-7-22(9-10-23)18(24)14-5-2-1-3-6-14/h11-14H,1-10H2. The Labute approximate surface area is 152 Å². The van der Waals surface area contributed by atoms with Gasteiger partial charge in [0.25, 0.3) is 5.91 Å². The van der Waals surface area contributed by atoms with Crippen molar-refractivity contribution in [2.45, 2.75) is 38.5 Å². The monoisotopic (exact) mass is 366 g/mol. The van der Waals surface area contributed by atoms with Gasteiger partial charge in [-0.3, -0.25) is 9.59 Å². The Kier molecular flexibility index (Phi) is 5.94. The third-order valence-electron chi connectivity index (χ3n) is 5.16. The minimum Gasteiger partial charge on any atom is -0.341 e. The van der Waals surface area contributed by atoms with Crippen LogP contribution in [0.4, 0.5) is 4.39 Å². The molecule has 1 aliphatic carbocycles. The zero-order chi connectivity index (χ0) is 17.8. The van der Waals surface area contributed by atoms with Gasteiger partial charge in [-0.15, -0.1) is 0 Å².